The van der Waals surface area contributed by atoms with Gasteiger partial charge in [0.25, 0.3) is 5.91 Å². The third-order valence-corrected chi connectivity index (χ3v) is 3.99. The van der Waals surface area contributed by atoms with Crippen molar-refractivity contribution >= 4 is 16.9 Å². The Morgan fingerprint density at radius 2 is 1.92 bits per heavy atom. The molecule has 3 rings (SSSR count). The smallest absolute Gasteiger partial charge is 0.251 e. The second-order valence-corrected chi connectivity index (χ2v) is 5.96. The molecule has 0 atom stereocenters. The number of unbranched alkanes of at least 4 members (excludes halogenated alkanes) is 2. The van der Waals surface area contributed by atoms with Gasteiger partial charge in [0, 0.05) is 5.56 Å². The maximum Gasteiger partial charge on any atom is 0.251 e. The summed E-state index contributed by atoms with van der Waals surface area (Å²) in [5.41, 5.74) is 2.48. The molecular weight excluding hydrogens is 314 g/mol. The van der Waals surface area contributed by atoms with Crippen LogP contribution in [0.5, 0.6) is 5.75 Å². The number of benzene rings is 2. The van der Waals surface area contributed by atoms with Crippen LogP contribution < -0.4 is 10.1 Å². The van der Waals surface area contributed by atoms with Gasteiger partial charge in [-0.05, 0) is 42.8 Å². The van der Waals surface area contributed by atoms with E-state index in [-0.39, 0.29) is 5.91 Å². The number of amides is 1. The standard InChI is InChI=1S/C20H23N3O2/c1-2-3-6-13-25-16-11-9-15(10-12-16)20(24)21-14-19-22-17-7-4-5-8-18(17)23-19/h4-5,7-12H,2-3,6,13-14H2,1H3,(H,21,24)(H,22,23). The Morgan fingerprint density at radius 3 is 2.68 bits per heavy atom. The summed E-state index contributed by atoms with van der Waals surface area (Å²) in [5.74, 6) is 1.41. The van der Waals surface area contributed by atoms with Gasteiger partial charge in [0.2, 0.25) is 0 Å². The van der Waals surface area contributed by atoms with Crippen molar-refractivity contribution in [2.45, 2.75) is 32.7 Å². The number of rotatable bonds is 8. The molecule has 5 heteroatoms. The van der Waals surface area contributed by atoms with Crippen LogP contribution in [0.4, 0.5) is 0 Å². The number of imidazole rings is 1. The maximum atomic E-state index is 12.3. The molecule has 1 heterocycles. The van der Waals surface area contributed by atoms with Crippen LogP contribution >= 0.6 is 0 Å². The molecule has 0 saturated carbocycles. The summed E-state index contributed by atoms with van der Waals surface area (Å²) in [7, 11) is 0. The van der Waals surface area contributed by atoms with Crippen LogP contribution in [0.15, 0.2) is 48.5 Å². The molecule has 0 unspecified atom stereocenters. The van der Waals surface area contributed by atoms with Crippen molar-refractivity contribution in [1.29, 1.82) is 0 Å². The first-order valence-corrected chi connectivity index (χ1v) is 8.71. The van der Waals surface area contributed by atoms with Gasteiger partial charge in [0.1, 0.15) is 11.6 Å². The van der Waals surface area contributed by atoms with Gasteiger partial charge in [-0.25, -0.2) is 4.98 Å². The third-order valence-electron chi connectivity index (χ3n) is 3.99. The van der Waals surface area contributed by atoms with Crippen LogP contribution in [0, 0.1) is 0 Å². The summed E-state index contributed by atoms with van der Waals surface area (Å²) >= 11 is 0. The second-order valence-electron chi connectivity index (χ2n) is 5.96. The Kier molecular flexibility index (Phi) is 5.67. The van der Waals surface area contributed by atoms with Gasteiger partial charge in [0.15, 0.2) is 0 Å². The molecular formula is C20H23N3O2. The summed E-state index contributed by atoms with van der Waals surface area (Å²) in [6.45, 7) is 3.24. The monoisotopic (exact) mass is 337 g/mol. The van der Waals surface area contributed by atoms with Gasteiger partial charge >= 0.3 is 0 Å². The fourth-order valence-electron chi connectivity index (χ4n) is 2.60. The lowest BCUT2D eigenvalue weighted by molar-refractivity contribution is 0.0950. The van der Waals surface area contributed by atoms with Crippen LogP contribution in [0.2, 0.25) is 0 Å². The lowest BCUT2D eigenvalue weighted by Crippen LogP contribution is -2.23. The fourth-order valence-corrected chi connectivity index (χ4v) is 2.60. The summed E-state index contributed by atoms with van der Waals surface area (Å²) in [4.78, 5) is 19.9. The molecule has 0 bridgehead atoms. The number of para-hydroxylation sites is 2. The number of ether oxygens (including phenoxy) is 1. The normalized spacial score (nSPS) is 10.8. The fraction of sp³-hybridized carbons (Fsp3) is 0.300. The van der Waals surface area contributed by atoms with Crippen LogP contribution in [0.3, 0.4) is 0 Å². The average Bonchev–Trinajstić information content (AvgIpc) is 3.07. The molecule has 130 valence electrons. The minimum absolute atomic E-state index is 0.127. The predicted molar refractivity (Wildman–Crippen MR) is 98.7 cm³/mol. The van der Waals surface area contributed by atoms with Crippen LogP contribution in [0.25, 0.3) is 11.0 Å². The zero-order valence-corrected chi connectivity index (χ0v) is 14.4. The highest BCUT2D eigenvalue weighted by Gasteiger charge is 2.07. The third kappa shape index (κ3) is 4.59. The van der Waals surface area contributed by atoms with Gasteiger partial charge in [-0.1, -0.05) is 31.9 Å². The van der Waals surface area contributed by atoms with E-state index in [1.165, 1.54) is 12.8 Å². The number of hydrogen-bond donors (Lipinski definition) is 2. The van der Waals surface area contributed by atoms with Crippen LogP contribution in [0.1, 0.15) is 42.4 Å². The van der Waals surface area contributed by atoms with Crippen molar-refractivity contribution < 1.29 is 9.53 Å². The molecule has 0 aliphatic carbocycles. The number of fused-ring (bicyclic) bond motifs is 1. The minimum atomic E-state index is -0.127. The van der Waals surface area contributed by atoms with Crippen molar-refractivity contribution in [2.24, 2.45) is 0 Å². The summed E-state index contributed by atoms with van der Waals surface area (Å²) in [6.07, 6.45) is 3.40. The first kappa shape index (κ1) is 17.0. The highest BCUT2D eigenvalue weighted by Crippen LogP contribution is 2.14. The summed E-state index contributed by atoms with van der Waals surface area (Å²) in [5, 5.41) is 2.88. The van der Waals surface area contributed by atoms with E-state index >= 15 is 0 Å². The Hall–Kier alpha value is -2.82. The largest absolute Gasteiger partial charge is 0.494 e. The van der Waals surface area contributed by atoms with Gasteiger partial charge < -0.3 is 15.0 Å². The average molecular weight is 337 g/mol. The number of hydrogen-bond acceptors (Lipinski definition) is 3. The Labute approximate surface area is 147 Å². The molecule has 0 spiro atoms. The van der Waals surface area contributed by atoms with Gasteiger partial charge in [0.05, 0.1) is 24.2 Å². The van der Waals surface area contributed by atoms with E-state index in [1.54, 1.807) is 12.1 Å². The number of H-pyrrole nitrogens is 1. The molecule has 3 aromatic rings. The molecule has 5 nitrogen and oxygen atoms in total. The molecule has 1 aromatic heterocycles. The molecule has 0 aliphatic rings. The number of nitrogens with zero attached hydrogens (tertiary/aromatic N) is 1. The molecule has 0 saturated heterocycles. The highest BCUT2D eigenvalue weighted by molar-refractivity contribution is 5.94. The van der Waals surface area contributed by atoms with Crippen molar-refractivity contribution in [2.75, 3.05) is 6.61 Å². The minimum Gasteiger partial charge on any atom is -0.494 e. The quantitative estimate of drug-likeness (QED) is 0.609. The molecule has 25 heavy (non-hydrogen) atoms. The molecule has 2 aromatic carbocycles. The summed E-state index contributed by atoms with van der Waals surface area (Å²) in [6, 6.07) is 15.0. The number of carbonyl (C=O) groups excluding carboxylic acids is 1. The van der Waals surface area contributed by atoms with E-state index in [1.807, 2.05) is 36.4 Å². The molecule has 0 radical (unpaired) electrons. The van der Waals surface area contributed by atoms with Crippen LogP contribution in [-0.2, 0) is 6.54 Å². The van der Waals surface area contributed by atoms with E-state index in [4.69, 9.17) is 4.74 Å². The topological polar surface area (TPSA) is 67.0 Å². The second kappa shape index (κ2) is 8.33. The van der Waals surface area contributed by atoms with Gasteiger partial charge in [-0.3, -0.25) is 4.79 Å². The SMILES string of the molecule is CCCCCOc1ccc(C(=O)NCc2nc3ccccc3[nH]2)cc1. The zero-order valence-electron chi connectivity index (χ0n) is 14.4. The molecule has 0 aliphatic heterocycles. The maximum absolute atomic E-state index is 12.3. The van der Waals surface area contributed by atoms with Crippen LogP contribution in [-0.4, -0.2) is 22.5 Å². The van der Waals surface area contributed by atoms with E-state index < -0.39 is 0 Å². The van der Waals surface area contributed by atoms with E-state index in [2.05, 4.69) is 22.2 Å². The summed E-state index contributed by atoms with van der Waals surface area (Å²) < 4.78 is 5.66. The highest BCUT2D eigenvalue weighted by atomic mass is 16.5. The molecule has 1 amide bonds. The van der Waals surface area contributed by atoms with Gasteiger partial charge in [-0.2, -0.15) is 0 Å². The molecule has 2 N–H and O–H groups in total. The van der Waals surface area contributed by atoms with Crippen molar-refractivity contribution in [3.63, 3.8) is 0 Å². The Bertz CT molecular complexity index is 791. The Balaban J connectivity index is 1.52. The Morgan fingerprint density at radius 1 is 1.12 bits per heavy atom. The lowest BCUT2D eigenvalue weighted by Gasteiger charge is -2.07. The van der Waals surface area contributed by atoms with E-state index in [9.17, 15) is 4.79 Å². The first-order valence-electron chi connectivity index (χ1n) is 8.71. The molecule has 0 fully saturated rings. The number of carbonyl (C=O) groups is 1. The van der Waals surface area contributed by atoms with Crippen molar-refractivity contribution in [1.82, 2.24) is 15.3 Å². The zero-order chi connectivity index (χ0) is 17.5. The van der Waals surface area contributed by atoms with E-state index in [0.717, 1.165) is 29.0 Å². The number of aromatic amines is 1. The van der Waals surface area contributed by atoms with Crippen molar-refractivity contribution in [3.05, 3.63) is 59.9 Å². The predicted octanol–water partition coefficient (Wildman–Crippen LogP) is 4.06. The number of aromatic nitrogens is 2. The van der Waals surface area contributed by atoms with Crippen molar-refractivity contribution in [3.8, 4) is 5.75 Å². The van der Waals surface area contributed by atoms with Gasteiger partial charge in [-0.15, -0.1) is 0 Å². The first-order chi connectivity index (χ1) is 12.3. The lowest BCUT2D eigenvalue weighted by atomic mass is 10.2. The van der Waals surface area contributed by atoms with E-state index in [0.29, 0.717) is 18.7 Å². The number of nitrogens with one attached hydrogen (secondary N) is 2.